The first-order chi connectivity index (χ1) is 12.7. The molecule has 3 rings (SSSR count). The molecule has 1 N–H and O–H groups in total. The van der Waals surface area contributed by atoms with E-state index in [4.69, 9.17) is 13.9 Å². The van der Waals surface area contributed by atoms with Gasteiger partial charge < -0.3 is 19.2 Å². The number of hydrogen-bond acceptors (Lipinski definition) is 5. The van der Waals surface area contributed by atoms with E-state index in [1.807, 2.05) is 24.3 Å². The molecule has 1 heterocycles. The first-order valence-corrected chi connectivity index (χ1v) is 8.21. The molecule has 6 heteroatoms. The van der Waals surface area contributed by atoms with Gasteiger partial charge in [-0.05, 0) is 48.5 Å². The lowest BCUT2D eigenvalue weighted by atomic mass is 10.2. The Balaban J connectivity index is 1.54. The van der Waals surface area contributed by atoms with Crippen molar-refractivity contribution in [1.29, 1.82) is 0 Å². The van der Waals surface area contributed by atoms with Crippen LogP contribution in [0, 0.1) is 0 Å². The summed E-state index contributed by atoms with van der Waals surface area (Å²) in [7, 11) is 3.22. The van der Waals surface area contributed by atoms with Crippen LogP contribution in [0.2, 0.25) is 0 Å². The molecule has 3 aromatic rings. The molecule has 0 saturated carbocycles. The summed E-state index contributed by atoms with van der Waals surface area (Å²) >= 11 is 0. The first kappa shape index (κ1) is 17.5. The summed E-state index contributed by atoms with van der Waals surface area (Å²) in [4.78, 5) is 16.3. The van der Waals surface area contributed by atoms with E-state index in [1.54, 1.807) is 44.7 Å². The molecule has 0 radical (unpaired) electrons. The molecule has 0 aliphatic carbocycles. The number of anilines is 1. The second-order valence-electron chi connectivity index (χ2n) is 5.62. The molecule has 134 valence electrons. The van der Waals surface area contributed by atoms with Crippen molar-refractivity contribution in [2.75, 3.05) is 19.5 Å². The molecule has 0 aliphatic heterocycles. The summed E-state index contributed by atoms with van der Waals surface area (Å²) < 4.78 is 16.0. The normalized spacial score (nSPS) is 10.4. The van der Waals surface area contributed by atoms with E-state index >= 15 is 0 Å². The van der Waals surface area contributed by atoms with Gasteiger partial charge in [-0.2, -0.15) is 0 Å². The molecule has 0 bridgehead atoms. The summed E-state index contributed by atoms with van der Waals surface area (Å²) in [6.07, 6.45) is 2.38. The zero-order chi connectivity index (χ0) is 18.4. The Labute approximate surface area is 151 Å². The fourth-order valence-corrected chi connectivity index (χ4v) is 2.43. The van der Waals surface area contributed by atoms with Crippen LogP contribution in [0.25, 0.3) is 11.3 Å². The number of ether oxygens (including phenoxy) is 2. The highest BCUT2D eigenvalue weighted by Crippen LogP contribution is 2.23. The fourth-order valence-electron chi connectivity index (χ4n) is 2.43. The number of carbonyl (C=O) groups excluding carboxylic acids is 1. The third-order valence-electron chi connectivity index (χ3n) is 3.87. The minimum Gasteiger partial charge on any atom is -0.497 e. The molecule has 26 heavy (non-hydrogen) atoms. The SMILES string of the molecule is COc1ccc(NC(=O)CCc2ncc(-c3ccc(OC)cc3)o2)cc1. The molecular formula is C20H20N2O4. The predicted octanol–water partition coefficient (Wildman–Crippen LogP) is 3.93. The third kappa shape index (κ3) is 4.42. The highest BCUT2D eigenvalue weighted by atomic mass is 16.5. The van der Waals surface area contributed by atoms with Gasteiger partial charge in [-0.3, -0.25) is 4.79 Å². The number of aromatic nitrogens is 1. The molecule has 2 aromatic carbocycles. The van der Waals surface area contributed by atoms with E-state index < -0.39 is 0 Å². The number of methoxy groups -OCH3 is 2. The minimum absolute atomic E-state index is 0.0978. The molecule has 0 saturated heterocycles. The Bertz CT molecular complexity index is 854. The van der Waals surface area contributed by atoms with Gasteiger partial charge in [0.15, 0.2) is 11.7 Å². The number of rotatable bonds is 7. The third-order valence-corrected chi connectivity index (χ3v) is 3.87. The van der Waals surface area contributed by atoms with Gasteiger partial charge in [0.25, 0.3) is 0 Å². The number of nitrogens with one attached hydrogen (secondary N) is 1. The number of amides is 1. The Morgan fingerprint density at radius 2 is 1.62 bits per heavy atom. The van der Waals surface area contributed by atoms with Crippen molar-refractivity contribution in [2.45, 2.75) is 12.8 Å². The average molecular weight is 352 g/mol. The second-order valence-corrected chi connectivity index (χ2v) is 5.62. The van der Waals surface area contributed by atoms with Crippen molar-refractivity contribution in [3.8, 4) is 22.8 Å². The van der Waals surface area contributed by atoms with Gasteiger partial charge in [0, 0.05) is 24.1 Å². The maximum Gasteiger partial charge on any atom is 0.224 e. The van der Waals surface area contributed by atoms with Crippen LogP contribution in [0.4, 0.5) is 5.69 Å². The van der Waals surface area contributed by atoms with Gasteiger partial charge in [-0.25, -0.2) is 4.98 Å². The molecule has 1 amide bonds. The van der Waals surface area contributed by atoms with Crippen molar-refractivity contribution in [2.24, 2.45) is 0 Å². The van der Waals surface area contributed by atoms with Crippen molar-refractivity contribution in [3.05, 3.63) is 60.6 Å². The molecule has 0 aliphatic rings. The summed E-state index contributed by atoms with van der Waals surface area (Å²) in [6.45, 7) is 0. The number of hydrogen-bond donors (Lipinski definition) is 1. The largest absolute Gasteiger partial charge is 0.497 e. The van der Waals surface area contributed by atoms with Crippen LogP contribution in [-0.2, 0) is 11.2 Å². The number of oxazole rings is 1. The van der Waals surface area contributed by atoms with E-state index in [9.17, 15) is 4.79 Å². The van der Waals surface area contributed by atoms with Gasteiger partial charge in [0.05, 0.1) is 20.4 Å². The van der Waals surface area contributed by atoms with Crippen LogP contribution in [0.15, 0.2) is 59.1 Å². The van der Waals surface area contributed by atoms with Gasteiger partial charge in [0.1, 0.15) is 11.5 Å². The Kier molecular flexibility index (Phi) is 5.53. The monoisotopic (exact) mass is 352 g/mol. The molecule has 0 spiro atoms. The van der Waals surface area contributed by atoms with Crippen LogP contribution in [0.1, 0.15) is 12.3 Å². The maximum atomic E-state index is 12.1. The van der Waals surface area contributed by atoms with Crippen molar-refractivity contribution in [1.82, 2.24) is 4.98 Å². The van der Waals surface area contributed by atoms with Gasteiger partial charge >= 0.3 is 0 Å². The summed E-state index contributed by atoms with van der Waals surface area (Å²) in [6, 6.07) is 14.7. The number of benzene rings is 2. The zero-order valence-corrected chi connectivity index (χ0v) is 14.7. The number of nitrogens with zero attached hydrogens (tertiary/aromatic N) is 1. The Morgan fingerprint density at radius 1 is 1.00 bits per heavy atom. The summed E-state index contributed by atoms with van der Waals surface area (Å²) in [5.74, 6) is 2.62. The summed E-state index contributed by atoms with van der Waals surface area (Å²) in [5, 5.41) is 2.84. The lowest BCUT2D eigenvalue weighted by Gasteiger charge is -2.05. The Morgan fingerprint density at radius 3 is 2.23 bits per heavy atom. The van der Waals surface area contributed by atoms with Gasteiger partial charge in [0.2, 0.25) is 5.91 Å². The van der Waals surface area contributed by atoms with Crippen molar-refractivity contribution in [3.63, 3.8) is 0 Å². The number of aryl methyl sites for hydroxylation is 1. The first-order valence-electron chi connectivity index (χ1n) is 8.21. The van der Waals surface area contributed by atoms with Crippen molar-refractivity contribution >= 4 is 11.6 Å². The highest BCUT2D eigenvalue weighted by molar-refractivity contribution is 5.90. The highest BCUT2D eigenvalue weighted by Gasteiger charge is 2.09. The van der Waals surface area contributed by atoms with E-state index in [1.165, 1.54) is 0 Å². The Hall–Kier alpha value is -3.28. The molecule has 1 aromatic heterocycles. The zero-order valence-electron chi connectivity index (χ0n) is 14.7. The standard InChI is InChI=1S/C20H20N2O4/c1-24-16-7-3-14(4-8-16)18-13-21-20(26-18)12-11-19(23)22-15-5-9-17(25-2)10-6-15/h3-10,13H,11-12H2,1-2H3,(H,22,23). The minimum atomic E-state index is -0.0978. The number of carbonyl (C=O) groups is 1. The van der Waals surface area contributed by atoms with E-state index in [-0.39, 0.29) is 12.3 Å². The fraction of sp³-hybridized carbons (Fsp3) is 0.200. The van der Waals surface area contributed by atoms with Gasteiger partial charge in [-0.15, -0.1) is 0 Å². The second kappa shape index (κ2) is 8.20. The average Bonchev–Trinajstić information content (AvgIpc) is 3.16. The van der Waals surface area contributed by atoms with Crippen molar-refractivity contribution < 1.29 is 18.7 Å². The molecular weight excluding hydrogens is 332 g/mol. The van der Waals surface area contributed by atoms with Crippen LogP contribution in [0.3, 0.4) is 0 Å². The molecule has 0 fully saturated rings. The maximum absolute atomic E-state index is 12.1. The predicted molar refractivity (Wildman–Crippen MR) is 98.4 cm³/mol. The van der Waals surface area contributed by atoms with E-state index in [0.717, 1.165) is 22.7 Å². The van der Waals surface area contributed by atoms with Crippen LogP contribution < -0.4 is 14.8 Å². The molecule has 0 unspecified atom stereocenters. The summed E-state index contributed by atoms with van der Waals surface area (Å²) in [5.41, 5.74) is 1.63. The van der Waals surface area contributed by atoms with Gasteiger partial charge in [-0.1, -0.05) is 0 Å². The topological polar surface area (TPSA) is 73.6 Å². The van der Waals surface area contributed by atoms with Crippen LogP contribution >= 0.6 is 0 Å². The van der Waals surface area contributed by atoms with Crippen LogP contribution in [0.5, 0.6) is 11.5 Å². The molecule has 6 nitrogen and oxygen atoms in total. The van der Waals surface area contributed by atoms with Crippen LogP contribution in [-0.4, -0.2) is 25.1 Å². The lowest BCUT2D eigenvalue weighted by Crippen LogP contribution is -2.12. The quantitative estimate of drug-likeness (QED) is 0.697. The van der Waals surface area contributed by atoms with E-state index in [0.29, 0.717) is 18.1 Å². The molecule has 0 atom stereocenters. The van der Waals surface area contributed by atoms with E-state index in [2.05, 4.69) is 10.3 Å². The smallest absolute Gasteiger partial charge is 0.224 e. The lowest BCUT2D eigenvalue weighted by molar-refractivity contribution is -0.116.